The number of likely N-dealkylation sites (N-methyl/N-ethyl adjacent to an activating group) is 1. The van der Waals surface area contributed by atoms with E-state index in [9.17, 15) is 21.6 Å². The first-order valence-electron chi connectivity index (χ1n) is 8.83. The second-order valence-corrected chi connectivity index (χ2v) is 8.52. The van der Waals surface area contributed by atoms with Gasteiger partial charge in [-0.3, -0.25) is 0 Å². The Labute approximate surface area is 167 Å². The van der Waals surface area contributed by atoms with Gasteiger partial charge in [-0.2, -0.15) is 8.78 Å². The van der Waals surface area contributed by atoms with Crippen LogP contribution in [0.2, 0.25) is 0 Å². The number of piperazine rings is 1. The van der Waals surface area contributed by atoms with Crippen molar-refractivity contribution < 1.29 is 31.1 Å². The maximum absolute atomic E-state index is 14.3. The number of sulfone groups is 1. The van der Waals surface area contributed by atoms with Crippen molar-refractivity contribution in [2.24, 2.45) is 0 Å². The second kappa shape index (κ2) is 8.50. The number of hydrogen-bond acceptors (Lipinski definition) is 6. The van der Waals surface area contributed by atoms with E-state index >= 15 is 0 Å². The molecule has 2 aromatic carbocycles. The molecule has 2 aromatic rings. The highest BCUT2D eigenvalue weighted by Crippen LogP contribution is 2.35. The number of anilines is 1. The van der Waals surface area contributed by atoms with Crippen LogP contribution < -0.4 is 14.4 Å². The van der Waals surface area contributed by atoms with Gasteiger partial charge < -0.3 is 19.3 Å². The van der Waals surface area contributed by atoms with Gasteiger partial charge in [0.2, 0.25) is 9.84 Å². The molecule has 1 fully saturated rings. The SMILES string of the molecule is COc1ccc(S(=O)(=O)c2cc(OC(F)F)ccc2[18F])cc1N1CCN(C)CC1. The minimum atomic E-state index is -4.32. The number of methoxy groups -OCH3 is 1. The summed E-state index contributed by atoms with van der Waals surface area (Å²) >= 11 is 0. The molecule has 0 saturated carbocycles. The molecule has 0 aromatic heterocycles. The van der Waals surface area contributed by atoms with Crippen molar-refractivity contribution in [3.05, 3.63) is 42.2 Å². The van der Waals surface area contributed by atoms with E-state index in [0.29, 0.717) is 24.5 Å². The molecule has 158 valence electrons. The van der Waals surface area contributed by atoms with Gasteiger partial charge in [-0.1, -0.05) is 0 Å². The molecule has 1 saturated heterocycles. The first kappa shape index (κ1) is 21.3. The lowest BCUT2D eigenvalue weighted by Gasteiger charge is -2.34. The molecule has 0 N–H and O–H groups in total. The van der Waals surface area contributed by atoms with Crippen LogP contribution in [0.1, 0.15) is 0 Å². The Balaban J connectivity index is 2.02. The third-order valence-electron chi connectivity index (χ3n) is 4.72. The summed E-state index contributed by atoms with van der Waals surface area (Å²) in [5.74, 6) is -1.000. The maximum Gasteiger partial charge on any atom is 0.387 e. The summed E-state index contributed by atoms with van der Waals surface area (Å²) in [5, 5.41) is 0. The molecule has 3 rings (SSSR count). The number of alkyl halides is 2. The van der Waals surface area contributed by atoms with Gasteiger partial charge in [0.1, 0.15) is 22.2 Å². The zero-order valence-corrected chi connectivity index (χ0v) is 16.8. The van der Waals surface area contributed by atoms with Crippen LogP contribution in [0.15, 0.2) is 46.2 Å². The summed E-state index contributed by atoms with van der Waals surface area (Å²) in [7, 11) is -0.845. The predicted molar refractivity (Wildman–Crippen MR) is 101 cm³/mol. The number of ether oxygens (including phenoxy) is 2. The average Bonchev–Trinajstić information content (AvgIpc) is 2.69. The van der Waals surface area contributed by atoms with Crippen LogP contribution in [0, 0.1) is 5.82 Å². The van der Waals surface area contributed by atoms with E-state index < -0.39 is 32.9 Å². The van der Waals surface area contributed by atoms with Crippen LogP contribution >= 0.6 is 0 Å². The number of nitrogens with zero attached hydrogens (tertiary/aromatic N) is 2. The summed E-state index contributed by atoms with van der Waals surface area (Å²) in [6.07, 6.45) is 0. The van der Waals surface area contributed by atoms with Crippen molar-refractivity contribution in [3.8, 4) is 11.5 Å². The lowest BCUT2D eigenvalue weighted by Crippen LogP contribution is -2.44. The lowest BCUT2D eigenvalue weighted by atomic mass is 10.2. The van der Waals surface area contributed by atoms with Crippen molar-refractivity contribution in [3.63, 3.8) is 0 Å². The Bertz CT molecular complexity index is 977. The lowest BCUT2D eigenvalue weighted by molar-refractivity contribution is -0.0500. The summed E-state index contributed by atoms with van der Waals surface area (Å²) in [4.78, 5) is 3.24. The third-order valence-corrected chi connectivity index (χ3v) is 6.49. The molecule has 1 aliphatic rings. The zero-order valence-electron chi connectivity index (χ0n) is 15.9. The fourth-order valence-corrected chi connectivity index (χ4v) is 4.49. The van der Waals surface area contributed by atoms with Crippen LogP contribution in [0.4, 0.5) is 18.9 Å². The topological polar surface area (TPSA) is 59.1 Å². The van der Waals surface area contributed by atoms with E-state index in [1.807, 2.05) is 11.9 Å². The highest BCUT2D eigenvalue weighted by molar-refractivity contribution is 7.91. The summed E-state index contributed by atoms with van der Waals surface area (Å²) in [6.45, 7) is -0.227. The van der Waals surface area contributed by atoms with Crippen molar-refractivity contribution in [1.29, 1.82) is 0 Å². The number of hydrogen-bond donors (Lipinski definition) is 0. The van der Waals surface area contributed by atoms with Crippen molar-refractivity contribution in [2.45, 2.75) is 16.4 Å². The van der Waals surface area contributed by atoms with Crippen LogP contribution in [-0.4, -0.2) is 60.3 Å². The van der Waals surface area contributed by atoms with Gasteiger partial charge in [-0.05, 0) is 37.4 Å². The first-order valence-corrected chi connectivity index (χ1v) is 10.3. The van der Waals surface area contributed by atoms with Crippen molar-refractivity contribution >= 4 is 15.5 Å². The van der Waals surface area contributed by atoms with Gasteiger partial charge in [-0.15, -0.1) is 0 Å². The monoisotopic (exact) mass is 429 g/mol. The van der Waals surface area contributed by atoms with Crippen LogP contribution in [0.3, 0.4) is 0 Å². The molecule has 0 radical (unpaired) electrons. The number of rotatable bonds is 6. The van der Waals surface area contributed by atoms with Crippen molar-refractivity contribution in [2.75, 3.05) is 45.2 Å². The minimum Gasteiger partial charge on any atom is -0.495 e. The zero-order chi connectivity index (χ0) is 21.2. The van der Waals surface area contributed by atoms with E-state index in [1.165, 1.54) is 25.3 Å². The van der Waals surface area contributed by atoms with Gasteiger partial charge in [0.15, 0.2) is 0 Å². The van der Waals surface area contributed by atoms with E-state index in [4.69, 9.17) is 4.74 Å². The average molecular weight is 429 g/mol. The molecule has 0 bridgehead atoms. The Hall–Kier alpha value is -2.46. The molecule has 1 heterocycles. The molecular formula is C19H21F3N2O4S. The Morgan fingerprint density at radius 1 is 1.03 bits per heavy atom. The third kappa shape index (κ3) is 4.59. The molecule has 29 heavy (non-hydrogen) atoms. The standard InChI is InChI=1S/C19H21F3N2O4S/c1-23-7-9-24(10-8-23)16-12-14(4-6-17(16)27-2)29(25,26)18-11-13(28-19(21)22)3-5-15(18)20/h3-6,11-12,19H,7-10H2,1-2H3/i20-1. The molecule has 0 unspecified atom stereocenters. The Morgan fingerprint density at radius 2 is 1.72 bits per heavy atom. The fraction of sp³-hybridized carbons (Fsp3) is 0.368. The van der Waals surface area contributed by atoms with Gasteiger partial charge in [0.25, 0.3) is 0 Å². The quantitative estimate of drug-likeness (QED) is 0.704. The fourth-order valence-electron chi connectivity index (χ4n) is 3.12. The summed E-state index contributed by atoms with van der Waals surface area (Å²) < 4.78 is 74.8. The number of benzene rings is 2. The molecular weight excluding hydrogens is 408 g/mol. The highest BCUT2D eigenvalue weighted by Gasteiger charge is 2.26. The van der Waals surface area contributed by atoms with Crippen molar-refractivity contribution in [1.82, 2.24) is 4.90 Å². The van der Waals surface area contributed by atoms with E-state index in [0.717, 1.165) is 31.3 Å². The molecule has 0 amide bonds. The number of halogens is 3. The molecule has 1 aliphatic heterocycles. The molecule has 6 nitrogen and oxygen atoms in total. The van der Waals surface area contributed by atoms with Crippen LogP contribution in [0.25, 0.3) is 0 Å². The van der Waals surface area contributed by atoms with Gasteiger partial charge in [0, 0.05) is 32.2 Å². The second-order valence-electron chi connectivity index (χ2n) is 6.60. The molecule has 0 spiro atoms. The summed E-state index contributed by atoms with van der Waals surface area (Å²) in [6, 6.07) is 6.71. The van der Waals surface area contributed by atoms with Gasteiger partial charge >= 0.3 is 6.61 Å². The molecule has 0 aliphatic carbocycles. The van der Waals surface area contributed by atoms with Crippen LogP contribution in [-0.2, 0) is 9.84 Å². The maximum atomic E-state index is 14.3. The highest BCUT2D eigenvalue weighted by atomic mass is 32.2. The normalized spacial score (nSPS) is 15.6. The van der Waals surface area contributed by atoms with E-state index in [2.05, 4.69) is 9.64 Å². The largest absolute Gasteiger partial charge is 0.495 e. The molecule has 0 atom stereocenters. The first-order chi connectivity index (χ1) is 13.7. The Morgan fingerprint density at radius 3 is 2.34 bits per heavy atom. The predicted octanol–water partition coefficient (Wildman–Crippen LogP) is 3.02. The van der Waals surface area contributed by atoms with E-state index in [1.54, 1.807) is 0 Å². The summed E-state index contributed by atoms with van der Waals surface area (Å²) in [5.41, 5.74) is 0.571. The minimum absolute atomic E-state index is 0.166. The van der Waals surface area contributed by atoms with Gasteiger partial charge in [-0.25, -0.2) is 12.8 Å². The smallest absolute Gasteiger partial charge is 0.387 e. The molecule has 10 heteroatoms. The van der Waals surface area contributed by atoms with Gasteiger partial charge in [0.05, 0.1) is 17.7 Å². The Kier molecular flexibility index (Phi) is 6.23. The van der Waals surface area contributed by atoms with Crippen LogP contribution in [0.5, 0.6) is 11.5 Å². The van der Waals surface area contributed by atoms with E-state index in [-0.39, 0.29) is 4.90 Å².